The van der Waals surface area contributed by atoms with Gasteiger partial charge in [-0.15, -0.1) is 0 Å². The van der Waals surface area contributed by atoms with Gasteiger partial charge in [0.05, 0.1) is 5.41 Å². The van der Waals surface area contributed by atoms with Gasteiger partial charge in [-0.3, -0.25) is 9.59 Å². The van der Waals surface area contributed by atoms with Gasteiger partial charge in [0.15, 0.2) is 0 Å². The van der Waals surface area contributed by atoms with Crippen molar-refractivity contribution in [3.63, 3.8) is 0 Å². The molecule has 0 saturated carbocycles. The highest BCUT2D eigenvalue weighted by Crippen LogP contribution is 2.41. The number of nitrogens with one attached hydrogen (secondary N) is 1. The lowest BCUT2D eigenvalue weighted by molar-refractivity contribution is -0.121. The molecule has 4 nitrogen and oxygen atoms in total. The Hall–Kier alpha value is -1.84. The van der Waals surface area contributed by atoms with Crippen molar-refractivity contribution in [2.24, 2.45) is 5.92 Å². The molecule has 0 radical (unpaired) electrons. The Balaban J connectivity index is 2.38. The lowest BCUT2D eigenvalue weighted by atomic mass is 9.86. The van der Waals surface area contributed by atoms with Crippen LogP contribution in [-0.4, -0.2) is 18.9 Å². The SMILES string of the molecule is CC(C)C(=O)Nc1ccc2c(c1)C(C)(C)C(=O)N2C. The van der Waals surface area contributed by atoms with Crippen LogP contribution in [0, 0.1) is 5.92 Å². The van der Waals surface area contributed by atoms with Gasteiger partial charge in [-0.1, -0.05) is 13.8 Å². The average molecular weight is 260 g/mol. The maximum atomic E-state index is 12.2. The molecule has 102 valence electrons. The zero-order chi connectivity index (χ0) is 14.4. The molecule has 0 atom stereocenters. The van der Waals surface area contributed by atoms with Crippen LogP contribution in [0.5, 0.6) is 0 Å². The van der Waals surface area contributed by atoms with Gasteiger partial charge in [0.2, 0.25) is 11.8 Å². The first-order chi connectivity index (χ1) is 8.75. The summed E-state index contributed by atoms with van der Waals surface area (Å²) in [6.45, 7) is 7.52. The van der Waals surface area contributed by atoms with Gasteiger partial charge < -0.3 is 10.2 Å². The smallest absolute Gasteiger partial charge is 0.236 e. The van der Waals surface area contributed by atoms with Crippen molar-refractivity contribution in [1.29, 1.82) is 0 Å². The van der Waals surface area contributed by atoms with Gasteiger partial charge in [-0.25, -0.2) is 0 Å². The van der Waals surface area contributed by atoms with Crippen molar-refractivity contribution >= 4 is 23.2 Å². The third kappa shape index (κ3) is 2.11. The van der Waals surface area contributed by atoms with E-state index in [2.05, 4.69) is 5.32 Å². The van der Waals surface area contributed by atoms with Crippen LogP contribution in [-0.2, 0) is 15.0 Å². The zero-order valence-electron chi connectivity index (χ0n) is 12.1. The quantitative estimate of drug-likeness (QED) is 0.888. The predicted octanol–water partition coefficient (Wildman–Crippen LogP) is 2.54. The van der Waals surface area contributed by atoms with Crippen LogP contribution >= 0.6 is 0 Å². The van der Waals surface area contributed by atoms with E-state index in [1.54, 1.807) is 11.9 Å². The van der Waals surface area contributed by atoms with E-state index in [9.17, 15) is 9.59 Å². The number of nitrogens with zero attached hydrogens (tertiary/aromatic N) is 1. The molecule has 4 heteroatoms. The number of hydrogen-bond acceptors (Lipinski definition) is 2. The molecular formula is C15H20N2O2. The van der Waals surface area contributed by atoms with Gasteiger partial charge in [-0.2, -0.15) is 0 Å². The summed E-state index contributed by atoms with van der Waals surface area (Å²) in [6, 6.07) is 5.62. The predicted molar refractivity (Wildman–Crippen MR) is 76.3 cm³/mol. The summed E-state index contributed by atoms with van der Waals surface area (Å²) in [4.78, 5) is 25.5. The highest BCUT2D eigenvalue weighted by Gasteiger charge is 2.42. The molecule has 1 aliphatic rings. The van der Waals surface area contributed by atoms with Crippen molar-refractivity contribution in [2.45, 2.75) is 33.1 Å². The molecule has 1 aromatic carbocycles. The summed E-state index contributed by atoms with van der Waals surface area (Å²) >= 11 is 0. The van der Waals surface area contributed by atoms with E-state index in [0.717, 1.165) is 16.9 Å². The van der Waals surface area contributed by atoms with E-state index >= 15 is 0 Å². The maximum Gasteiger partial charge on any atom is 0.236 e. The minimum absolute atomic E-state index is 0.0181. The Morgan fingerprint density at radius 3 is 2.53 bits per heavy atom. The van der Waals surface area contributed by atoms with Crippen LogP contribution in [0.1, 0.15) is 33.3 Å². The number of fused-ring (bicyclic) bond motifs is 1. The fourth-order valence-electron chi connectivity index (χ4n) is 2.34. The molecule has 0 fully saturated rings. The molecule has 0 spiro atoms. The summed E-state index contributed by atoms with van der Waals surface area (Å²) < 4.78 is 0. The van der Waals surface area contributed by atoms with Crippen LogP contribution in [0.4, 0.5) is 11.4 Å². The first-order valence-electron chi connectivity index (χ1n) is 6.48. The van der Waals surface area contributed by atoms with E-state index in [1.807, 2.05) is 45.9 Å². The van der Waals surface area contributed by atoms with E-state index in [-0.39, 0.29) is 17.7 Å². The minimum Gasteiger partial charge on any atom is -0.326 e. The Bertz CT molecular complexity index is 547. The number of carbonyl (C=O) groups excluding carboxylic acids is 2. The number of benzene rings is 1. The van der Waals surface area contributed by atoms with Crippen LogP contribution in [0.25, 0.3) is 0 Å². The molecule has 0 aliphatic carbocycles. The van der Waals surface area contributed by atoms with Gasteiger partial charge in [0, 0.05) is 24.3 Å². The lowest BCUT2D eigenvalue weighted by Gasteiger charge is -2.17. The molecule has 0 bridgehead atoms. The topological polar surface area (TPSA) is 49.4 Å². The van der Waals surface area contributed by atoms with E-state index < -0.39 is 5.41 Å². The Kier molecular flexibility index (Phi) is 3.12. The van der Waals surface area contributed by atoms with Gasteiger partial charge in [0.1, 0.15) is 0 Å². The molecule has 1 N–H and O–H groups in total. The standard InChI is InChI=1S/C15H20N2O2/c1-9(2)13(18)16-10-6-7-12-11(8-10)15(3,4)14(19)17(12)5/h6-9H,1-5H3,(H,16,18). The van der Waals surface area contributed by atoms with Crippen LogP contribution in [0.2, 0.25) is 0 Å². The van der Waals surface area contributed by atoms with Crippen molar-refractivity contribution in [1.82, 2.24) is 0 Å². The van der Waals surface area contributed by atoms with Gasteiger partial charge in [0.25, 0.3) is 0 Å². The molecule has 0 aromatic heterocycles. The minimum atomic E-state index is -0.539. The van der Waals surface area contributed by atoms with E-state index in [4.69, 9.17) is 0 Å². The fourth-order valence-corrected chi connectivity index (χ4v) is 2.34. The Labute approximate surface area is 113 Å². The van der Waals surface area contributed by atoms with Gasteiger partial charge in [-0.05, 0) is 37.6 Å². The third-order valence-electron chi connectivity index (χ3n) is 3.66. The monoisotopic (exact) mass is 260 g/mol. The van der Waals surface area contributed by atoms with E-state index in [1.165, 1.54) is 0 Å². The fraction of sp³-hybridized carbons (Fsp3) is 0.467. The molecule has 19 heavy (non-hydrogen) atoms. The number of anilines is 2. The van der Waals surface area contributed by atoms with Crippen molar-refractivity contribution in [2.75, 3.05) is 17.3 Å². The summed E-state index contributed by atoms with van der Waals surface area (Å²) in [7, 11) is 1.78. The number of rotatable bonds is 2. The summed E-state index contributed by atoms with van der Waals surface area (Å²) in [6.07, 6.45) is 0. The molecule has 2 amide bonds. The molecule has 0 unspecified atom stereocenters. The largest absolute Gasteiger partial charge is 0.326 e. The average Bonchev–Trinajstić information content (AvgIpc) is 2.51. The zero-order valence-corrected chi connectivity index (χ0v) is 12.1. The highest BCUT2D eigenvalue weighted by atomic mass is 16.2. The van der Waals surface area contributed by atoms with Crippen molar-refractivity contribution < 1.29 is 9.59 Å². The van der Waals surface area contributed by atoms with Gasteiger partial charge >= 0.3 is 0 Å². The lowest BCUT2D eigenvalue weighted by Crippen LogP contribution is -2.33. The Morgan fingerprint density at radius 1 is 1.32 bits per heavy atom. The summed E-state index contributed by atoms with van der Waals surface area (Å²) in [5.74, 6) is -0.00385. The second-order valence-corrected chi connectivity index (χ2v) is 5.87. The van der Waals surface area contributed by atoms with Crippen molar-refractivity contribution in [3.05, 3.63) is 23.8 Å². The second-order valence-electron chi connectivity index (χ2n) is 5.87. The number of carbonyl (C=O) groups is 2. The molecular weight excluding hydrogens is 240 g/mol. The maximum absolute atomic E-state index is 12.2. The van der Waals surface area contributed by atoms with E-state index in [0.29, 0.717) is 0 Å². The summed E-state index contributed by atoms with van der Waals surface area (Å²) in [5.41, 5.74) is 2.08. The third-order valence-corrected chi connectivity index (χ3v) is 3.66. The number of likely N-dealkylation sites (N-methyl/N-ethyl adjacent to an activating group) is 1. The molecule has 0 saturated heterocycles. The number of amides is 2. The molecule has 1 aliphatic heterocycles. The second kappa shape index (κ2) is 4.37. The van der Waals surface area contributed by atoms with Crippen molar-refractivity contribution in [3.8, 4) is 0 Å². The molecule has 2 rings (SSSR count). The number of hydrogen-bond donors (Lipinski definition) is 1. The highest BCUT2D eigenvalue weighted by molar-refractivity contribution is 6.07. The first-order valence-corrected chi connectivity index (χ1v) is 6.48. The molecule has 1 aromatic rings. The first kappa shape index (κ1) is 13.6. The molecule has 1 heterocycles. The van der Waals surface area contributed by atoms with Crippen LogP contribution in [0.15, 0.2) is 18.2 Å². The van der Waals surface area contributed by atoms with Crippen LogP contribution in [0.3, 0.4) is 0 Å². The Morgan fingerprint density at radius 2 is 1.95 bits per heavy atom. The van der Waals surface area contributed by atoms with Crippen LogP contribution < -0.4 is 10.2 Å². The summed E-state index contributed by atoms with van der Waals surface area (Å²) in [5, 5.41) is 2.87. The normalized spacial score (nSPS) is 16.7.